The molecule has 0 unspecified atom stereocenters. The Morgan fingerprint density at radius 1 is 1.35 bits per heavy atom. The standard InChI is InChI=1S/C11H7BrCl2N2O/c12-9-4-15-6-16(11(9)17)5-7-1-2-8(13)3-10(7)14/h1-4,6H,5H2. The van der Waals surface area contributed by atoms with Gasteiger partial charge in [0.05, 0.1) is 12.9 Å². The average molecular weight is 334 g/mol. The molecule has 0 bridgehead atoms. The number of hydrogen-bond acceptors (Lipinski definition) is 2. The van der Waals surface area contributed by atoms with Crippen molar-refractivity contribution in [3.05, 3.63) is 61.2 Å². The van der Waals surface area contributed by atoms with Crippen molar-refractivity contribution in [2.24, 2.45) is 0 Å². The molecule has 0 aliphatic carbocycles. The van der Waals surface area contributed by atoms with Gasteiger partial charge in [0.15, 0.2) is 0 Å². The zero-order valence-electron chi connectivity index (χ0n) is 8.53. The summed E-state index contributed by atoms with van der Waals surface area (Å²) in [7, 11) is 0. The molecule has 0 saturated heterocycles. The van der Waals surface area contributed by atoms with E-state index in [1.54, 1.807) is 18.2 Å². The summed E-state index contributed by atoms with van der Waals surface area (Å²) in [4.78, 5) is 15.7. The molecule has 17 heavy (non-hydrogen) atoms. The van der Waals surface area contributed by atoms with E-state index in [0.717, 1.165) is 5.56 Å². The minimum absolute atomic E-state index is 0.147. The second kappa shape index (κ2) is 5.21. The molecule has 0 N–H and O–H groups in total. The topological polar surface area (TPSA) is 34.9 Å². The summed E-state index contributed by atoms with van der Waals surface area (Å²) in [5.41, 5.74) is 0.670. The van der Waals surface area contributed by atoms with Gasteiger partial charge in [-0.05, 0) is 33.6 Å². The minimum atomic E-state index is -0.147. The third-order valence-corrected chi connectivity index (χ3v) is 3.35. The highest BCUT2D eigenvalue weighted by molar-refractivity contribution is 9.10. The van der Waals surface area contributed by atoms with Crippen LogP contribution in [-0.4, -0.2) is 9.55 Å². The molecule has 1 aromatic heterocycles. The van der Waals surface area contributed by atoms with Gasteiger partial charge in [-0.3, -0.25) is 9.36 Å². The lowest BCUT2D eigenvalue weighted by molar-refractivity contribution is 0.731. The van der Waals surface area contributed by atoms with E-state index < -0.39 is 0 Å². The monoisotopic (exact) mass is 332 g/mol. The fraction of sp³-hybridized carbons (Fsp3) is 0.0909. The predicted molar refractivity (Wildman–Crippen MR) is 71.8 cm³/mol. The van der Waals surface area contributed by atoms with Crippen LogP contribution >= 0.6 is 39.1 Å². The first-order chi connectivity index (χ1) is 8.08. The van der Waals surface area contributed by atoms with Crippen LogP contribution < -0.4 is 5.56 Å². The van der Waals surface area contributed by atoms with Crippen LogP contribution in [0, 0.1) is 0 Å². The molecular formula is C11H7BrCl2N2O. The molecule has 0 amide bonds. The zero-order valence-corrected chi connectivity index (χ0v) is 11.6. The van der Waals surface area contributed by atoms with Crippen LogP contribution in [0.15, 0.2) is 40.0 Å². The van der Waals surface area contributed by atoms with E-state index in [4.69, 9.17) is 23.2 Å². The zero-order chi connectivity index (χ0) is 12.4. The van der Waals surface area contributed by atoms with Crippen LogP contribution in [0.3, 0.4) is 0 Å². The fourth-order valence-electron chi connectivity index (χ4n) is 1.37. The fourth-order valence-corrected chi connectivity index (χ4v) is 2.18. The van der Waals surface area contributed by atoms with Crippen LogP contribution in [0.2, 0.25) is 10.0 Å². The summed E-state index contributed by atoms with van der Waals surface area (Å²) in [6.45, 7) is 0.362. The van der Waals surface area contributed by atoms with Crippen molar-refractivity contribution in [3.63, 3.8) is 0 Å². The summed E-state index contributed by atoms with van der Waals surface area (Å²) in [6.07, 6.45) is 2.93. The van der Waals surface area contributed by atoms with Gasteiger partial charge in [-0.1, -0.05) is 29.3 Å². The van der Waals surface area contributed by atoms with Crippen molar-refractivity contribution in [3.8, 4) is 0 Å². The SMILES string of the molecule is O=c1c(Br)cncn1Cc1ccc(Cl)cc1Cl. The largest absolute Gasteiger partial charge is 0.294 e. The van der Waals surface area contributed by atoms with Gasteiger partial charge < -0.3 is 0 Å². The Balaban J connectivity index is 2.38. The first-order valence-corrected chi connectivity index (χ1v) is 6.26. The molecule has 0 fully saturated rings. The van der Waals surface area contributed by atoms with Crippen LogP contribution in [0.1, 0.15) is 5.56 Å². The van der Waals surface area contributed by atoms with Crippen LogP contribution in [-0.2, 0) is 6.54 Å². The van der Waals surface area contributed by atoms with Gasteiger partial charge in [0.1, 0.15) is 4.47 Å². The van der Waals surface area contributed by atoms with Gasteiger partial charge in [-0.25, -0.2) is 4.98 Å². The van der Waals surface area contributed by atoms with Gasteiger partial charge in [0.2, 0.25) is 0 Å². The van der Waals surface area contributed by atoms with Crippen molar-refractivity contribution >= 4 is 39.1 Å². The van der Waals surface area contributed by atoms with E-state index >= 15 is 0 Å². The Labute approximate surface area is 116 Å². The molecule has 0 radical (unpaired) electrons. The molecule has 1 heterocycles. The van der Waals surface area contributed by atoms with Gasteiger partial charge in [0.25, 0.3) is 5.56 Å². The van der Waals surface area contributed by atoms with Crippen molar-refractivity contribution in [1.29, 1.82) is 0 Å². The van der Waals surface area contributed by atoms with Crippen molar-refractivity contribution < 1.29 is 0 Å². The van der Waals surface area contributed by atoms with E-state index in [0.29, 0.717) is 21.1 Å². The maximum Gasteiger partial charge on any atom is 0.267 e. The third-order valence-electron chi connectivity index (χ3n) is 2.21. The second-order valence-electron chi connectivity index (χ2n) is 3.41. The second-order valence-corrected chi connectivity index (χ2v) is 5.11. The maximum absolute atomic E-state index is 11.8. The van der Waals surface area contributed by atoms with Gasteiger partial charge in [0, 0.05) is 16.2 Å². The smallest absolute Gasteiger partial charge is 0.267 e. The first-order valence-electron chi connectivity index (χ1n) is 4.72. The molecule has 6 heteroatoms. The Morgan fingerprint density at radius 2 is 2.12 bits per heavy atom. The molecule has 0 aliphatic heterocycles. The van der Waals surface area contributed by atoms with Gasteiger partial charge in [-0.15, -0.1) is 0 Å². The highest BCUT2D eigenvalue weighted by Gasteiger charge is 2.05. The predicted octanol–water partition coefficient (Wildman–Crippen LogP) is 3.36. The van der Waals surface area contributed by atoms with Crippen LogP contribution in [0.5, 0.6) is 0 Å². The molecule has 0 atom stereocenters. The lowest BCUT2D eigenvalue weighted by atomic mass is 10.2. The van der Waals surface area contributed by atoms with E-state index in [-0.39, 0.29) is 5.56 Å². The Morgan fingerprint density at radius 3 is 2.82 bits per heavy atom. The summed E-state index contributed by atoms with van der Waals surface area (Å²) >= 11 is 15.0. The molecule has 0 aliphatic rings. The summed E-state index contributed by atoms with van der Waals surface area (Å²) < 4.78 is 1.89. The molecule has 2 rings (SSSR count). The minimum Gasteiger partial charge on any atom is -0.294 e. The van der Waals surface area contributed by atoms with Crippen molar-refractivity contribution in [1.82, 2.24) is 9.55 Å². The van der Waals surface area contributed by atoms with Gasteiger partial charge in [-0.2, -0.15) is 0 Å². The number of nitrogens with zero attached hydrogens (tertiary/aromatic N) is 2. The number of benzene rings is 1. The highest BCUT2D eigenvalue weighted by atomic mass is 79.9. The summed E-state index contributed by atoms with van der Waals surface area (Å²) in [5, 5.41) is 1.10. The molecule has 3 nitrogen and oxygen atoms in total. The molecule has 0 spiro atoms. The van der Waals surface area contributed by atoms with Crippen LogP contribution in [0.4, 0.5) is 0 Å². The average Bonchev–Trinajstić information content (AvgIpc) is 2.28. The normalized spacial score (nSPS) is 10.5. The van der Waals surface area contributed by atoms with Crippen LogP contribution in [0.25, 0.3) is 0 Å². The van der Waals surface area contributed by atoms with E-state index in [9.17, 15) is 4.79 Å². The molecule has 1 aromatic carbocycles. The number of aromatic nitrogens is 2. The number of hydrogen-bond donors (Lipinski definition) is 0. The maximum atomic E-state index is 11.8. The molecule has 2 aromatic rings. The molecular weight excluding hydrogens is 327 g/mol. The number of halogens is 3. The highest BCUT2D eigenvalue weighted by Crippen LogP contribution is 2.21. The lowest BCUT2D eigenvalue weighted by Crippen LogP contribution is -2.21. The third kappa shape index (κ3) is 2.89. The lowest BCUT2D eigenvalue weighted by Gasteiger charge is -2.07. The Hall–Kier alpha value is -0.840. The molecule has 0 saturated carbocycles. The van der Waals surface area contributed by atoms with E-state index in [1.807, 2.05) is 0 Å². The quantitative estimate of drug-likeness (QED) is 0.844. The van der Waals surface area contributed by atoms with E-state index in [2.05, 4.69) is 20.9 Å². The Kier molecular flexibility index (Phi) is 3.86. The summed E-state index contributed by atoms with van der Waals surface area (Å²) in [5.74, 6) is 0. The Bertz CT molecular complexity index is 613. The summed E-state index contributed by atoms with van der Waals surface area (Å²) in [6, 6.07) is 5.17. The van der Waals surface area contributed by atoms with E-state index in [1.165, 1.54) is 17.1 Å². The number of rotatable bonds is 2. The first kappa shape index (κ1) is 12.6. The van der Waals surface area contributed by atoms with Crippen molar-refractivity contribution in [2.45, 2.75) is 6.54 Å². The van der Waals surface area contributed by atoms with Gasteiger partial charge >= 0.3 is 0 Å². The molecule has 88 valence electrons. The van der Waals surface area contributed by atoms with Crippen molar-refractivity contribution in [2.75, 3.05) is 0 Å².